The number of hydrogen-bond donors (Lipinski definition) is 3. The van der Waals surface area contributed by atoms with E-state index in [2.05, 4.69) is 20.9 Å². The summed E-state index contributed by atoms with van der Waals surface area (Å²) in [5.74, 6) is -1.81. The fourth-order valence-corrected chi connectivity index (χ4v) is 2.91. The third kappa shape index (κ3) is 6.36. The molecule has 1 fully saturated rings. The molecule has 0 atom stereocenters. The normalized spacial score (nSPS) is 14.3. The molecule has 0 spiro atoms. The van der Waals surface area contributed by atoms with Gasteiger partial charge in [-0.05, 0) is 31.0 Å². The third-order valence-electron chi connectivity index (χ3n) is 4.35. The second kappa shape index (κ2) is 10.4. The number of alkyl halides is 2. The Balaban J connectivity index is 1.80. The van der Waals surface area contributed by atoms with Gasteiger partial charge in [0.15, 0.2) is 11.5 Å². The quantitative estimate of drug-likeness (QED) is 0.606. The highest BCUT2D eigenvalue weighted by molar-refractivity contribution is 5.97. The SMILES string of the molecule is COc1cc(C(=O)NCC(=O)NNC(=O)C2CCCCC2)ccc1OC(F)F. The number of carbonyl (C=O) groups is 3. The summed E-state index contributed by atoms with van der Waals surface area (Å²) in [4.78, 5) is 35.9. The molecular formula is C18H23F2N3O5. The van der Waals surface area contributed by atoms with Gasteiger partial charge < -0.3 is 14.8 Å². The van der Waals surface area contributed by atoms with Crippen molar-refractivity contribution in [3.63, 3.8) is 0 Å². The van der Waals surface area contributed by atoms with E-state index in [0.717, 1.165) is 32.1 Å². The number of halogens is 2. The van der Waals surface area contributed by atoms with Crippen LogP contribution in [0.5, 0.6) is 11.5 Å². The van der Waals surface area contributed by atoms with Crippen molar-refractivity contribution in [1.29, 1.82) is 0 Å². The molecule has 3 amide bonds. The first-order valence-electron chi connectivity index (χ1n) is 8.90. The van der Waals surface area contributed by atoms with Gasteiger partial charge in [0.05, 0.1) is 13.7 Å². The maximum atomic E-state index is 12.3. The fourth-order valence-electron chi connectivity index (χ4n) is 2.91. The monoisotopic (exact) mass is 399 g/mol. The predicted octanol–water partition coefficient (Wildman–Crippen LogP) is 1.75. The number of rotatable bonds is 7. The second-order valence-electron chi connectivity index (χ2n) is 6.30. The van der Waals surface area contributed by atoms with Crippen molar-refractivity contribution in [3.8, 4) is 11.5 Å². The van der Waals surface area contributed by atoms with Crippen LogP contribution >= 0.6 is 0 Å². The summed E-state index contributed by atoms with van der Waals surface area (Å²) in [5, 5.41) is 2.37. The van der Waals surface area contributed by atoms with Crippen molar-refractivity contribution < 1.29 is 32.6 Å². The van der Waals surface area contributed by atoms with Gasteiger partial charge in [-0.3, -0.25) is 25.2 Å². The number of carbonyl (C=O) groups excluding carboxylic acids is 3. The molecule has 0 saturated heterocycles. The highest BCUT2D eigenvalue weighted by Gasteiger charge is 2.21. The summed E-state index contributed by atoms with van der Waals surface area (Å²) in [6, 6.07) is 3.65. The average Bonchev–Trinajstić information content (AvgIpc) is 2.70. The summed E-state index contributed by atoms with van der Waals surface area (Å²) in [6.07, 6.45) is 4.69. The molecule has 0 aliphatic heterocycles. The number of ether oxygens (including phenoxy) is 2. The largest absolute Gasteiger partial charge is 0.493 e. The smallest absolute Gasteiger partial charge is 0.387 e. The van der Waals surface area contributed by atoms with Gasteiger partial charge in [0.2, 0.25) is 5.91 Å². The lowest BCUT2D eigenvalue weighted by molar-refractivity contribution is -0.131. The molecule has 10 heteroatoms. The molecule has 0 bridgehead atoms. The molecule has 1 aliphatic carbocycles. The van der Waals surface area contributed by atoms with Gasteiger partial charge in [0, 0.05) is 11.5 Å². The summed E-state index contributed by atoms with van der Waals surface area (Å²) in [6.45, 7) is -3.40. The number of methoxy groups -OCH3 is 1. The molecule has 1 saturated carbocycles. The zero-order valence-electron chi connectivity index (χ0n) is 15.4. The highest BCUT2D eigenvalue weighted by atomic mass is 19.3. The first-order valence-corrected chi connectivity index (χ1v) is 8.90. The van der Waals surface area contributed by atoms with Crippen molar-refractivity contribution in [1.82, 2.24) is 16.2 Å². The van der Waals surface area contributed by atoms with E-state index < -0.39 is 18.4 Å². The number of hydrazine groups is 1. The van der Waals surface area contributed by atoms with Crippen LogP contribution in [-0.4, -0.2) is 38.0 Å². The lowest BCUT2D eigenvalue weighted by Gasteiger charge is -2.20. The van der Waals surface area contributed by atoms with Crippen LogP contribution in [0.1, 0.15) is 42.5 Å². The summed E-state index contributed by atoms with van der Waals surface area (Å²) >= 11 is 0. The Labute approximate surface area is 160 Å². The van der Waals surface area contributed by atoms with Crippen molar-refractivity contribution >= 4 is 17.7 Å². The van der Waals surface area contributed by atoms with E-state index in [9.17, 15) is 23.2 Å². The van der Waals surface area contributed by atoms with Crippen LogP contribution in [0.15, 0.2) is 18.2 Å². The van der Waals surface area contributed by atoms with Gasteiger partial charge in [-0.1, -0.05) is 19.3 Å². The molecule has 154 valence electrons. The van der Waals surface area contributed by atoms with Crippen molar-refractivity contribution in [2.45, 2.75) is 38.7 Å². The average molecular weight is 399 g/mol. The van der Waals surface area contributed by atoms with Crippen molar-refractivity contribution in [2.75, 3.05) is 13.7 Å². The van der Waals surface area contributed by atoms with Crippen LogP contribution in [0.3, 0.4) is 0 Å². The van der Waals surface area contributed by atoms with Crippen LogP contribution in [0.2, 0.25) is 0 Å². The van der Waals surface area contributed by atoms with Gasteiger partial charge in [-0.25, -0.2) is 0 Å². The Morgan fingerprint density at radius 2 is 1.82 bits per heavy atom. The number of nitrogens with one attached hydrogen (secondary N) is 3. The molecule has 0 aromatic heterocycles. The number of hydrogen-bond acceptors (Lipinski definition) is 5. The molecule has 1 aromatic carbocycles. The van der Waals surface area contributed by atoms with E-state index in [1.807, 2.05) is 0 Å². The van der Waals surface area contributed by atoms with Gasteiger partial charge in [-0.2, -0.15) is 8.78 Å². The zero-order valence-corrected chi connectivity index (χ0v) is 15.4. The minimum absolute atomic E-state index is 0.0443. The van der Waals surface area contributed by atoms with Crippen LogP contribution in [0.25, 0.3) is 0 Å². The molecular weight excluding hydrogens is 376 g/mol. The third-order valence-corrected chi connectivity index (χ3v) is 4.35. The maximum absolute atomic E-state index is 12.3. The predicted molar refractivity (Wildman–Crippen MR) is 94.8 cm³/mol. The molecule has 8 nitrogen and oxygen atoms in total. The second-order valence-corrected chi connectivity index (χ2v) is 6.30. The summed E-state index contributed by atoms with van der Waals surface area (Å²) in [7, 11) is 1.25. The van der Waals surface area contributed by atoms with E-state index in [1.54, 1.807) is 0 Å². The Bertz CT molecular complexity index is 708. The van der Waals surface area contributed by atoms with E-state index in [0.29, 0.717) is 0 Å². The van der Waals surface area contributed by atoms with Crippen molar-refractivity contribution in [2.24, 2.45) is 5.92 Å². The first kappa shape index (κ1) is 21.4. The number of amides is 3. The Kier molecular flexibility index (Phi) is 7.97. The fraction of sp³-hybridized carbons (Fsp3) is 0.500. The van der Waals surface area contributed by atoms with Crippen LogP contribution in [0.4, 0.5) is 8.78 Å². The van der Waals surface area contributed by atoms with E-state index in [-0.39, 0.29) is 35.4 Å². The molecule has 0 unspecified atom stereocenters. The van der Waals surface area contributed by atoms with Gasteiger partial charge >= 0.3 is 6.61 Å². The highest BCUT2D eigenvalue weighted by Crippen LogP contribution is 2.29. The van der Waals surface area contributed by atoms with Gasteiger partial charge in [0.25, 0.3) is 11.8 Å². The zero-order chi connectivity index (χ0) is 20.5. The molecule has 28 heavy (non-hydrogen) atoms. The minimum Gasteiger partial charge on any atom is -0.493 e. The van der Waals surface area contributed by atoms with E-state index in [1.165, 1.54) is 25.3 Å². The molecule has 3 N–H and O–H groups in total. The topological polar surface area (TPSA) is 106 Å². The van der Waals surface area contributed by atoms with Gasteiger partial charge in [-0.15, -0.1) is 0 Å². The Morgan fingerprint density at radius 1 is 1.11 bits per heavy atom. The minimum atomic E-state index is -3.03. The van der Waals surface area contributed by atoms with E-state index in [4.69, 9.17) is 4.74 Å². The Hall–Kier alpha value is -2.91. The molecule has 2 rings (SSSR count). The molecule has 1 aliphatic rings. The maximum Gasteiger partial charge on any atom is 0.387 e. The van der Waals surface area contributed by atoms with Crippen LogP contribution in [-0.2, 0) is 9.59 Å². The molecule has 0 radical (unpaired) electrons. The summed E-state index contributed by atoms with van der Waals surface area (Å²) < 4.78 is 33.8. The Morgan fingerprint density at radius 3 is 2.46 bits per heavy atom. The van der Waals surface area contributed by atoms with E-state index >= 15 is 0 Å². The van der Waals surface area contributed by atoms with Crippen LogP contribution in [0, 0.1) is 5.92 Å². The standard InChI is InChI=1S/C18H23F2N3O5/c1-27-14-9-12(7-8-13(14)28-18(19)20)16(25)21-10-15(24)22-23-17(26)11-5-3-2-4-6-11/h7-9,11,18H,2-6,10H2,1H3,(H,21,25)(H,22,24)(H,23,26). The molecule has 0 heterocycles. The van der Waals surface area contributed by atoms with Crippen molar-refractivity contribution in [3.05, 3.63) is 23.8 Å². The first-order chi connectivity index (χ1) is 13.4. The van der Waals surface area contributed by atoms with Crippen LogP contribution < -0.4 is 25.6 Å². The molecule has 1 aromatic rings. The summed E-state index contributed by atoms with van der Waals surface area (Å²) in [5.41, 5.74) is 4.72. The lowest BCUT2D eigenvalue weighted by Crippen LogP contribution is -2.48. The number of benzene rings is 1. The van der Waals surface area contributed by atoms with Gasteiger partial charge in [0.1, 0.15) is 0 Å². The lowest BCUT2D eigenvalue weighted by atomic mass is 9.89.